The highest BCUT2D eigenvalue weighted by Gasteiger charge is 2.18. The summed E-state index contributed by atoms with van der Waals surface area (Å²) in [6.45, 7) is 1.63. The minimum Gasteiger partial charge on any atom is -0.476 e. The first-order chi connectivity index (χ1) is 5.13. The predicted octanol–water partition coefficient (Wildman–Crippen LogP) is 0.803. The summed E-state index contributed by atoms with van der Waals surface area (Å²) in [5, 5.41) is 17.3. The molecule has 1 rings (SSSR count). The van der Waals surface area contributed by atoms with Crippen LogP contribution in [0, 0.1) is 0 Å². The van der Waals surface area contributed by atoms with Crippen molar-refractivity contribution in [3.8, 4) is 0 Å². The van der Waals surface area contributed by atoms with Gasteiger partial charge in [-0.1, -0.05) is 0 Å². The molecule has 0 fully saturated rings. The fourth-order valence-electron chi connectivity index (χ4n) is 0.674. The number of nitrogens with one attached hydrogen (secondary N) is 1. The topological polar surface area (TPSA) is 78.9 Å². The zero-order chi connectivity index (χ0) is 8.43. The highest BCUT2D eigenvalue weighted by atomic mass is 35.5. The molecular formula is C5H6ClN3O2. The number of carbonyl (C=O) groups is 1. The number of carboxylic acid groups (broad SMARTS) is 1. The van der Waals surface area contributed by atoms with Crippen LogP contribution in [-0.4, -0.2) is 26.5 Å². The molecule has 11 heavy (non-hydrogen) atoms. The summed E-state index contributed by atoms with van der Waals surface area (Å²) in [6.07, 6.45) is 0. The molecule has 0 aromatic carbocycles. The van der Waals surface area contributed by atoms with Crippen LogP contribution in [0.5, 0.6) is 0 Å². The SMILES string of the molecule is CC(Cl)c1n[nH]nc1C(=O)O. The molecule has 1 heterocycles. The highest BCUT2D eigenvalue weighted by Crippen LogP contribution is 2.18. The molecule has 0 saturated carbocycles. The molecule has 0 bridgehead atoms. The second-order valence-electron chi connectivity index (χ2n) is 1.98. The monoisotopic (exact) mass is 175 g/mol. The smallest absolute Gasteiger partial charge is 0.358 e. The molecule has 0 aliphatic heterocycles. The molecule has 1 unspecified atom stereocenters. The van der Waals surface area contributed by atoms with Crippen LogP contribution >= 0.6 is 11.6 Å². The Hall–Kier alpha value is -1.10. The Morgan fingerprint density at radius 3 is 2.73 bits per heavy atom. The van der Waals surface area contributed by atoms with Gasteiger partial charge in [-0.25, -0.2) is 4.79 Å². The van der Waals surface area contributed by atoms with Crippen LogP contribution in [0.2, 0.25) is 0 Å². The summed E-state index contributed by atoms with van der Waals surface area (Å²) in [5.41, 5.74) is 0.145. The van der Waals surface area contributed by atoms with Gasteiger partial charge in [-0.2, -0.15) is 10.3 Å². The van der Waals surface area contributed by atoms with Crippen molar-refractivity contribution in [2.24, 2.45) is 0 Å². The predicted molar refractivity (Wildman–Crippen MR) is 37.6 cm³/mol. The highest BCUT2D eigenvalue weighted by molar-refractivity contribution is 6.20. The lowest BCUT2D eigenvalue weighted by atomic mass is 10.2. The van der Waals surface area contributed by atoms with E-state index in [2.05, 4.69) is 15.4 Å². The van der Waals surface area contributed by atoms with E-state index in [-0.39, 0.29) is 11.4 Å². The number of aromatic carboxylic acids is 1. The minimum atomic E-state index is -1.12. The maximum atomic E-state index is 10.4. The zero-order valence-corrected chi connectivity index (χ0v) is 6.46. The third-order valence-electron chi connectivity index (χ3n) is 1.15. The molecule has 6 heteroatoms. The molecule has 2 N–H and O–H groups in total. The fraction of sp³-hybridized carbons (Fsp3) is 0.400. The van der Waals surface area contributed by atoms with Crippen molar-refractivity contribution in [3.63, 3.8) is 0 Å². The van der Waals surface area contributed by atoms with Gasteiger partial charge in [-0.15, -0.1) is 16.7 Å². The van der Waals surface area contributed by atoms with Crippen LogP contribution in [0.15, 0.2) is 0 Å². The molecule has 1 aromatic heterocycles. The summed E-state index contributed by atoms with van der Waals surface area (Å²) < 4.78 is 0. The Kier molecular flexibility index (Phi) is 2.09. The molecule has 1 atom stereocenters. The van der Waals surface area contributed by atoms with Gasteiger partial charge in [-0.05, 0) is 6.92 Å². The lowest BCUT2D eigenvalue weighted by Gasteiger charge is -1.95. The van der Waals surface area contributed by atoms with Crippen molar-refractivity contribution < 1.29 is 9.90 Å². The molecule has 0 saturated heterocycles. The number of halogens is 1. The van der Waals surface area contributed by atoms with Gasteiger partial charge < -0.3 is 5.11 Å². The van der Waals surface area contributed by atoms with Gasteiger partial charge in [0.15, 0.2) is 5.69 Å². The Labute approximate surface area is 67.4 Å². The zero-order valence-electron chi connectivity index (χ0n) is 5.71. The number of H-pyrrole nitrogens is 1. The number of nitrogens with zero attached hydrogens (tertiary/aromatic N) is 2. The Morgan fingerprint density at radius 1 is 1.73 bits per heavy atom. The van der Waals surface area contributed by atoms with E-state index in [0.29, 0.717) is 0 Å². The lowest BCUT2D eigenvalue weighted by molar-refractivity contribution is 0.0689. The van der Waals surface area contributed by atoms with Gasteiger partial charge in [0.05, 0.1) is 5.38 Å². The largest absolute Gasteiger partial charge is 0.476 e. The number of hydrogen-bond acceptors (Lipinski definition) is 3. The molecule has 0 amide bonds. The van der Waals surface area contributed by atoms with Gasteiger partial charge in [0, 0.05) is 0 Å². The van der Waals surface area contributed by atoms with Crippen molar-refractivity contribution in [3.05, 3.63) is 11.4 Å². The van der Waals surface area contributed by atoms with E-state index in [1.54, 1.807) is 6.92 Å². The molecular weight excluding hydrogens is 170 g/mol. The number of alkyl halides is 1. The van der Waals surface area contributed by atoms with Crippen molar-refractivity contribution in [2.45, 2.75) is 12.3 Å². The average Bonchev–Trinajstić information content (AvgIpc) is 2.32. The summed E-state index contributed by atoms with van der Waals surface area (Å²) in [5.74, 6) is -1.12. The summed E-state index contributed by atoms with van der Waals surface area (Å²) in [6, 6.07) is 0. The van der Waals surface area contributed by atoms with Crippen LogP contribution in [0.25, 0.3) is 0 Å². The van der Waals surface area contributed by atoms with Gasteiger partial charge in [0.2, 0.25) is 0 Å². The van der Waals surface area contributed by atoms with E-state index in [4.69, 9.17) is 16.7 Å². The van der Waals surface area contributed by atoms with E-state index in [1.165, 1.54) is 0 Å². The van der Waals surface area contributed by atoms with E-state index in [0.717, 1.165) is 0 Å². The fourth-order valence-corrected chi connectivity index (χ4v) is 0.826. The van der Waals surface area contributed by atoms with Crippen LogP contribution in [0.1, 0.15) is 28.5 Å². The number of carboxylic acids is 1. The summed E-state index contributed by atoms with van der Waals surface area (Å²) in [4.78, 5) is 10.4. The number of aromatic amines is 1. The molecule has 0 radical (unpaired) electrons. The quantitative estimate of drug-likeness (QED) is 0.652. The second-order valence-corrected chi connectivity index (χ2v) is 2.63. The lowest BCUT2D eigenvalue weighted by Crippen LogP contribution is -2.02. The molecule has 5 nitrogen and oxygen atoms in total. The number of rotatable bonds is 2. The number of aromatic nitrogens is 3. The van der Waals surface area contributed by atoms with E-state index < -0.39 is 11.3 Å². The summed E-state index contributed by atoms with van der Waals surface area (Å²) in [7, 11) is 0. The van der Waals surface area contributed by atoms with Crippen molar-refractivity contribution in [1.29, 1.82) is 0 Å². The van der Waals surface area contributed by atoms with Gasteiger partial charge in [0.25, 0.3) is 0 Å². The Morgan fingerprint density at radius 2 is 2.36 bits per heavy atom. The van der Waals surface area contributed by atoms with E-state index in [9.17, 15) is 4.79 Å². The van der Waals surface area contributed by atoms with E-state index >= 15 is 0 Å². The first kappa shape index (κ1) is 8.00. The second kappa shape index (κ2) is 2.87. The first-order valence-electron chi connectivity index (χ1n) is 2.91. The minimum absolute atomic E-state index is 0.118. The normalized spacial score (nSPS) is 12.9. The third-order valence-corrected chi connectivity index (χ3v) is 1.36. The molecule has 1 aromatic rings. The molecule has 0 aliphatic rings. The van der Waals surface area contributed by atoms with Crippen LogP contribution < -0.4 is 0 Å². The average molecular weight is 176 g/mol. The third kappa shape index (κ3) is 1.48. The van der Waals surface area contributed by atoms with Crippen molar-refractivity contribution >= 4 is 17.6 Å². The maximum absolute atomic E-state index is 10.4. The standard InChI is InChI=1S/C5H6ClN3O2/c1-2(6)3-4(5(10)11)8-9-7-3/h2H,1H3,(H,10,11)(H,7,8,9). The van der Waals surface area contributed by atoms with E-state index in [1.807, 2.05) is 0 Å². The number of hydrogen-bond donors (Lipinski definition) is 2. The molecule has 0 spiro atoms. The van der Waals surface area contributed by atoms with Crippen LogP contribution in [-0.2, 0) is 0 Å². The summed E-state index contributed by atoms with van der Waals surface area (Å²) >= 11 is 5.61. The Bertz CT molecular complexity index is 270. The first-order valence-corrected chi connectivity index (χ1v) is 3.34. The van der Waals surface area contributed by atoms with Gasteiger partial charge in [-0.3, -0.25) is 0 Å². The van der Waals surface area contributed by atoms with Crippen LogP contribution in [0.4, 0.5) is 0 Å². The maximum Gasteiger partial charge on any atom is 0.358 e. The Balaban J connectivity index is 3.06. The molecule has 60 valence electrons. The molecule has 0 aliphatic carbocycles. The van der Waals surface area contributed by atoms with Gasteiger partial charge >= 0.3 is 5.97 Å². The van der Waals surface area contributed by atoms with Crippen molar-refractivity contribution in [2.75, 3.05) is 0 Å². The van der Waals surface area contributed by atoms with Gasteiger partial charge in [0.1, 0.15) is 5.69 Å². The van der Waals surface area contributed by atoms with Crippen LogP contribution in [0.3, 0.4) is 0 Å². The van der Waals surface area contributed by atoms with Crippen molar-refractivity contribution in [1.82, 2.24) is 15.4 Å².